The number of rotatable bonds is 11. The van der Waals surface area contributed by atoms with Crippen molar-refractivity contribution < 1.29 is 0 Å². The molecule has 0 aromatic heterocycles. The van der Waals surface area contributed by atoms with E-state index in [-0.39, 0.29) is 0 Å². The van der Waals surface area contributed by atoms with Crippen LogP contribution in [0.25, 0.3) is 0 Å². The molecule has 0 heterocycles. The highest BCUT2D eigenvalue weighted by molar-refractivity contribution is 8.14. The van der Waals surface area contributed by atoms with Gasteiger partial charge in [-0.1, -0.05) is 31.5 Å². The molecule has 2 nitrogen and oxygen atoms in total. The molecule has 1 aliphatic carbocycles. The molecule has 0 bridgehead atoms. The predicted octanol–water partition coefficient (Wildman–Crippen LogP) is -9.67. The summed E-state index contributed by atoms with van der Waals surface area (Å²) in [6, 6.07) is 6.13. The van der Waals surface area contributed by atoms with E-state index in [2.05, 4.69) is 89.5 Å². The Morgan fingerprint density at radius 1 is 0.588 bits per heavy atom. The summed E-state index contributed by atoms with van der Waals surface area (Å²) in [6.07, 6.45) is 12.6. The molecular weight excluding hydrogens is 390 g/mol. The average molecular weight is 429 g/mol. The Labute approximate surface area is 224 Å². The van der Waals surface area contributed by atoms with Gasteiger partial charge in [0.15, 0.2) is 0 Å². The van der Waals surface area contributed by atoms with Crippen LogP contribution in [0.2, 0.25) is 5.82 Å². The number of nitrogen functional groups attached to an aromatic ring is 2. The molecule has 0 unspecified atom stereocenters. The Kier molecular flexibility index (Phi) is 12.1. The highest BCUT2D eigenvalue weighted by Gasteiger charge is 2.49. The minimum atomic E-state index is 0.729. The summed E-state index contributed by atoms with van der Waals surface area (Å²) in [5.41, 5.74) is 15.1. The highest BCUT2D eigenvalue weighted by atomic mass is 14.6. The van der Waals surface area contributed by atoms with Gasteiger partial charge in [-0.05, 0) is 36.1 Å². The monoisotopic (exact) mass is 432 g/mol. The van der Waals surface area contributed by atoms with Gasteiger partial charge < -0.3 is 11.5 Å². The van der Waals surface area contributed by atoms with E-state index in [1.165, 1.54) is 31.2 Å². The van der Waals surface area contributed by atoms with Crippen LogP contribution in [-0.4, -0.2) is 135 Å². The van der Waals surface area contributed by atoms with Crippen LogP contribution in [0.3, 0.4) is 0 Å². The van der Waals surface area contributed by atoms with Crippen LogP contribution in [0.5, 0.6) is 0 Å². The van der Waals surface area contributed by atoms with Crippen LogP contribution in [0.15, 0.2) is 18.2 Å². The van der Waals surface area contributed by atoms with Crippen molar-refractivity contribution in [1.82, 2.24) is 0 Å². The van der Waals surface area contributed by atoms with Gasteiger partial charge in [0.05, 0.1) is 77.4 Å². The van der Waals surface area contributed by atoms with E-state index in [0.29, 0.717) is 0 Å². The van der Waals surface area contributed by atoms with E-state index in [1.807, 2.05) is 6.07 Å². The summed E-state index contributed by atoms with van der Waals surface area (Å²) < 4.78 is 0. The Balaban J connectivity index is 2.31. The third kappa shape index (κ3) is 8.03. The maximum atomic E-state index is 6.07. The first-order valence-corrected chi connectivity index (χ1v) is 14.5. The number of nitrogens with two attached hydrogens (primary N) is 2. The van der Waals surface area contributed by atoms with E-state index in [9.17, 15) is 0 Å². The number of hydrogen-bond acceptors (Lipinski definition) is 2. The van der Waals surface area contributed by atoms with Gasteiger partial charge in [0.25, 0.3) is 0 Å². The average Bonchev–Trinajstić information content (AvgIpc) is 2.68. The van der Waals surface area contributed by atoms with Crippen molar-refractivity contribution in [1.29, 1.82) is 0 Å². The highest BCUT2D eigenvalue weighted by Crippen LogP contribution is 2.38. The molecule has 0 radical (unpaired) electrons. The van der Waals surface area contributed by atoms with Crippen LogP contribution in [-0.2, 0) is 6.42 Å². The number of benzene rings is 1. The molecule has 1 saturated carbocycles. The van der Waals surface area contributed by atoms with Crippen molar-refractivity contribution in [3.8, 4) is 0 Å². The molecule has 2 rings (SSSR count). The molecule has 0 spiro atoms. The largest absolute Gasteiger partial charge is 0.399 e. The maximum Gasteiger partial charge on any atom is 0.0552 e. The Morgan fingerprint density at radius 3 is 1.38 bits per heavy atom. The fraction of sp³-hybridized carbons (Fsp3) is 0.538. The van der Waals surface area contributed by atoms with E-state index in [0.717, 1.165) is 87.1 Å². The third-order valence-electron chi connectivity index (χ3n) is 9.18. The molecule has 158 valence electrons. The molecule has 21 heteroatoms. The SMILES string of the molecule is BB(B)B(B(B)B)B(B(B)B)B(B(B(B)B)B(B)B)C1CCC(Cc2cc(N)cc(N)c2)CC1. The van der Waals surface area contributed by atoms with Crippen molar-refractivity contribution in [2.45, 2.75) is 37.9 Å². The molecule has 0 atom stereocenters. The second-order valence-electron chi connectivity index (χ2n) is 13.5. The summed E-state index contributed by atoms with van der Waals surface area (Å²) in [4.78, 5) is 0. The Hall–Kier alpha value is 0.0538. The molecule has 4 N–H and O–H groups in total. The zero-order valence-corrected chi connectivity index (χ0v) is 24.3. The van der Waals surface area contributed by atoms with Gasteiger partial charge in [-0.25, -0.2) is 0 Å². The van der Waals surface area contributed by atoms with Crippen LogP contribution < -0.4 is 11.5 Å². The minimum absolute atomic E-state index is 0.729. The third-order valence-corrected chi connectivity index (χ3v) is 9.18. The van der Waals surface area contributed by atoms with E-state index < -0.39 is 0 Å². The summed E-state index contributed by atoms with van der Waals surface area (Å²) >= 11 is 0. The number of anilines is 2. The molecule has 1 aromatic rings. The first kappa shape index (κ1) is 30.3. The Bertz CT molecular complexity index is 719. The van der Waals surface area contributed by atoms with Crippen LogP contribution >= 0.6 is 0 Å². The van der Waals surface area contributed by atoms with Gasteiger partial charge in [-0.15, -0.1) is 0 Å². The molecule has 1 aliphatic rings. The van der Waals surface area contributed by atoms with Crippen molar-refractivity contribution in [2.24, 2.45) is 5.92 Å². The van der Waals surface area contributed by atoms with Crippen molar-refractivity contribution in [3.05, 3.63) is 23.8 Å². The summed E-state index contributed by atoms with van der Waals surface area (Å²) in [6.45, 7) is 0.818. The van der Waals surface area contributed by atoms with Gasteiger partial charge in [0.1, 0.15) is 0 Å². The zero-order valence-electron chi connectivity index (χ0n) is 24.3. The van der Waals surface area contributed by atoms with Gasteiger partial charge in [0.2, 0.25) is 0 Å². The van der Waals surface area contributed by atoms with Crippen molar-refractivity contribution in [3.63, 3.8) is 0 Å². The lowest BCUT2D eigenvalue weighted by atomic mass is 8.42. The normalized spacial score (nSPS) is 17.3. The van der Waals surface area contributed by atoms with E-state index in [4.69, 9.17) is 11.5 Å². The number of hydrogen-bond donors (Lipinski definition) is 2. The van der Waals surface area contributed by atoms with Crippen LogP contribution in [0, 0.1) is 5.92 Å². The second-order valence-corrected chi connectivity index (χ2v) is 13.5. The molecule has 1 fully saturated rings. The zero-order chi connectivity index (χ0) is 25.7. The first-order chi connectivity index (χ1) is 15.8. The van der Waals surface area contributed by atoms with Crippen LogP contribution in [0.4, 0.5) is 11.4 Å². The van der Waals surface area contributed by atoms with Gasteiger partial charge in [-0.2, -0.15) is 0 Å². The molecule has 0 amide bonds. The van der Waals surface area contributed by atoms with Gasteiger partial charge in [-0.3, -0.25) is 0 Å². The van der Waals surface area contributed by atoms with Gasteiger partial charge in [0, 0.05) is 69.0 Å². The molecular formula is C13H39B19N2. The van der Waals surface area contributed by atoms with Crippen molar-refractivity contribution in [2.75, 3.05) is 11.5 Å². The van der Waals surface area contributed by atoms with Crippen molar-refractivity contribution >= 4 is 146 Å². The minimum Gasteiger partial charge on any atom is -0.399 e. The molecule has 0 saturated heterocycles. The second kappa shape index (κ2) is 13.6. The fourth-order valence-electron chi connectivity index (χ4n) is 8.32. The Morgan fingerprint density at radius 2 is 1.00 bits per heavy atom. The quantitative estimate of drug-likeness (QED) is 0.272. The maximum absolute atomic E-state index is 6.07. The van der Waals surface area contributed by atoms with E-state index >= 15 is 0 Å². The molecule has 34 heavy (non-hydrogen) atoms. The lowest BCUT2D eigenvalue weighted by Crippen LogP contribution is -2.79. The lowest BCUT2D eigenvalue weighted by Gasteiger charge is -2.46. The summed E-state index contributed by atoms with van der Waals surface area (Å²) in [5, 5.41) is 0. The summed E-state index contributed by atoms with van der Waals surface area (Å²) in [7, 11) is 24.9. The molecule has 0 aliphatic heterocycles. The first-order valence-electron chi connectivity index (χ1n) is 14.5. The lowest BCUT2D eigenvalue weighted by molar-refractivity contribution is 0.356. The fourth-order valence-corrected chi connectivity index (χ4v) is 8.32. The van der Waals surface area contributed by atoms with Crippen LogP contribution in [0.1, 0.15) is 31.2 Å². The summed E-state index contributed by atoms with van der Waals surface area (Å²) in [5.74, 6) is 1.61. The topological polar surface area (TPSA) is 52.0 Å². The van der Waals surface area contributed by atoms with Gasteiger partial charge >= 0.3 is 0 Å². The van der Waals surface area contributed by atoms with E-state index in [1.54, 1.807) is 0 Å². The predicted molar refractivity (Wildman–Crippen MR) is 202 cm³/mol. The smallest absolute Gasteiger partial charge is 0.0552 e. The molecule has 1 aromatic carbocycles. The standard InChI is InChI=1S/C13H39B19N2/c14-25(15)30(26(16)17)24(31(27(18)19)32(28(20)21)29(22)23)11-3-1-9(2-4-11)5-10-6-12(33)8-13(34)7-10/h6-9,11H,1-5,14-23,33-34H2.